The van der Waals surface area contributed by atoms with Gasteiger partial charge in [-0.05, 0) is 5.57 Å². The summed E-state index contributed by atoms with van der Waals surface area (Å²) in [6, 6.07) is 2.70. The third kappa shape index (κ3) is 12.7. The third-order valence-electron chi connectivity index (χ3n) is 3.25. The molecule has 0 aliphatic heterocycles. The smallest absolute Gasteiger partial charge is 0 e. The number of nitro benzene ring substituents is 2. The van der Waals surface area contributed by atoms with E-state index in [1.54, 1.807) is 0 Å². The van der Waals surface area contributed by atoms with Gasteiger partial charge in [0.2, 0.25) is 0 Å². The molecule has 1 aromatic carbocycles. The quantitative estimate of drug-likeness (QED) is 0.150. The molecular weight excluding hydrogens is 468 g/mol. The number of rotatable bonds is 6. The minimum absolute atomic E-state index is 0. The molecule has 0 N–H and O–H groups in total. The number of benzene rings is 1. The van der Waals surface area contributed by atoms with Crippen LogP contribution in [0.1, 0.15) is 16.8 Å². The van der Waals surface area contributed by atoms with Crippen LogP contribution in [0.4, 0.5) is 11.4 Å². The molecule has 0 radical (unpaired) electrons. The molecule has 0 fully saturated rings. The van der Waals surface area contributed by atoms with Gasteiger partial charge in [0.1, 0.15) is 0 Å². The third-order valence-corrected chi connectivity index (χ3v) is 3.25. The van der Waals surface area contributed by atoms with Gasteiger partial charge < -0.3 is 4.74 Å². The number of nitro groups is 2. The summed E-state index contributed by atoms with van der Waals surface area (Å²) in [5.74, 6) is -0.849. The first kappa shape index (κ1) is 32.8. The topological polar surface area (TPSA) is 172 Å². The Morgan fingerprint density at radius 1 is 0.844 bits per heavy atom. The van der Waals surface area contributed by atoms with E-state index in [1.165, 1.54) is 0 Å². The van der Waals surface area contributed by atoms with E-state index in [1.807, 2.05) is 42.5 Å². The molecule has 2 rings (SSSR count). The van der Waals surface area contributed by atoms with Crippen molar-refractivity contribution >= 4 is 17.3 Å². The molecule has 0 spiro atoms. The van der Waals surface area contributed by atoms with Gasteiger partial charge in [-0.1, -0.05) is 42.5 Å². The molecule has 1 aliphatic rings. The van der Waals surface area contributed by atoms with Crippen molar-refractivity contribution in [2.24, 2.45) is 0 Å². The van der Waals surface area contributed by atoms with Gasteiger partial charge in [0.25, 0.3) is 11.4 Å². The summed E-state index contributed by atoms with van der Waals surface area (Å²) in [5.41, 5.74) is -0.378. The molecule has 11 nitrogen and oxygen atoms in total. The number of nitrogens with zero attached hydrogens (tertiary/aromatic N) is 2. The summed E-state index contributed by atoms with van der Waals surface area (Å²) in [5, 5.41) is 21.7. The summed E-state index contributed by atoms with van der Waals surface area (Å²) < 4.78 is 27.6. The SMILES string of the molecule is O=C(OCCC1=C/C=C\C=C/C=C\1)c1cc([N+](=O)[O-])cc([N+](=O)[O-])c1.[C-]#[O+].[C-]#[O+].[C-]#[O+].[Fe]. The van der Waals surface area contributed by atoms with E-state index >= 15 is 0 Å². The zero-order valence-corrected chi connectivity index (χ0v) is 17.2. The molecule has 0 amide bonds. The second-order valence-electron chi connectivity index (χ2n) is 5.01. The molecule has 0 unspecified atom stereocenters. The second-order valence-corrected chi connectivity index (χ2v) is 5.01. The largest absolute Gasteiger partial charge is 0 e. The average Bonchev–Trinajstić information content (AvgIpc) is 2.78. The summed E-state index contributed by atoms with van der Waals surface area (Å²) in [6.45, 7) is 13.5. The van der Waals surface area contributed by atoms with Gasteiger partial charge in [0.05, 0.1) is 28.1 Å². The molecule has 32 heavy (non-hydrogen) atoms. The van der Waals surface area contributed by atoms with Crippen LogP contribution in [0, 0.1) is 40.2 Å². The maximum absolute atomic E-state index is 12.0. The van der Waals surface area contributed by atoms with Crippen LogP contribution >= 0.6 is 0 Å². The number of allylic oxidation sites excluding steroid dienone is 7. The molecule has 0 bridgehead atoms. The van der Waals surface area contributed by atoms with Crippen molar-refractivity contribution in [1.82, 2.24) is 0 Å². The van der Waals surface area contributed by atoms with E-state index in [4.69, 9.17) is 18.7 Å². The van der Waals surface area contributed by atoms with Crippen molar-refractivity contribution in [1.29, 1.82) is 0 Å². The van der Waals surface area contributed by atoms with Gasteiger partial charge in [-0.15, -0.1) is 0 Å². The van der Waals surface area contributed by atoms with Gasteiger partial charge in [-0.3, -0.25) is 20.2 Å². The Bertz CT molecular complexity index is 911. The minimum atomic E-state index is -0.849. The van der Waals surface area contributed by atoms with Gasteiger partial charge >= 0.3 is 39.9 Å². The first-order valence-electron chi connectivity index (χ1n) is 7.90. The van der Waals surface area contributed by atoms with E-state index in [0.29, 0.717) is 6.42 Å². The van der Waals surface area contributed by atoms with E-state index < -0.39 is 27.2 Å². The second kappa shape index (κ2) is 20.5. The molecule has 0 heterocycles. The number of ether oxygens (including phenoxy) is 1. The Labute approximate surface area is 193 Å². The molecular formula is C20H14FeN2O9. The van der Waals surface area contributed by atoms with E-state index in [0.717, 1.165) is 23.8 Å². The Hall–Kier alpha value is -3.81. The van der Waals surface area contributed by atoms with Crippen LogP contribution in [0.3, 0.4) is 0 Å². The molecule has 1 aromatic rings. The number of esters is 1. The average molecular weight is 482 g/mol. The zero-order valence-electron chi connectivity index (χ0n) is 16.1. The van der Waals surface area contributed by atoms with E-state index in [2.05, 4.69) is 20.0 Å². The minimum Gasteiger partial charge on any atom is 0 e. The Kier molecular flexibility index (Phi) is 21.0. The van der Waals surface area contributed by atoms with E-state index in [-0.39, 0.29) is 29.2 Å². The normalized spacial score (nSPS) is 14.9. The molecule has 0 saturated heterocycles. The predicted molar refractivity (Wildman–Crippen MR) is 102 cm³/mol. The van der Waals surface area contributed by atoms with Gasteiger partial charge in [-0.25, -0.2) is 4.79 Å². The summed E-state index contributed by atoms with van der Waals surface area (Å²) >= 11 is 0. The Morgan fingerprint density at radius 2 is 1.31 bits per heavy atom. The Morgan fingerprint density at radius 3 is 1.81 bits per heavy atom. The predicted octanol–water partition coefficient (Wildman–Crippen LogP) is 3.54. The van der Waals surface area contributed by atoms with Crippen LogP contribution in [0.2, 0.25) is 0 Å². The summed E-state index contributed by atoms with van der Waals surface area (Å²) in [4.78, 5) is 32.1. The van der Waals surface area contributed by atoms with Crippen molar-refractivity contribution in [2.75, 3.05) is 6.61 Å². The number of hydrogen-bond acceptors (Lipinski definition) is 6. The fourth-order valence-corrected chi connectivity index (χ4v) is 2.04. The van der Waals surface area contributed by atoms with Crippen molar-refractivity contribution < 1.29 is 50.4 Å². The molecule has 0 aromatic heterocycles. The molecule has 0 atom stereocenters. The van der Waals surface area contributed by atoms with Crippen LogP contribution in [-0.2, 0) is 35.8 Å². The first-order valence-corrected chi connectivity index (χ1v) is 7.90. The van der Waals surface area contributed by atoms with Crippen molar-refractivity contribution in [3.05, 3.63) is 112 Å². The number of carbonyl (C=O) groups excluding carboxylic acids is 1. The first-order chi connectivity index (χ1) is 15.0. The van der Waals surface area contributed by atoms with Crippen LogP contribution < -0.4 is 0 Å². The summed E-state index contributed by atoms with van der Waals surface area (Å²) in [6.07, 6.45) is 13.5. The maximum Gasteiger partial charge on any atom is 0 e. The molecule has 12 heteroatoms. The van der Waals surface area contributed by atoms with Gasteiger partial charge in [0.15, 0.2) is 0 Å². The fraction of sp³-hybridized carbons (Fsp3) is 0.100. The zero-order chi connectivity index (χ0) is 24.2. The molecule has 1 aliphatic carbocycles. The van der Waals surface area contributed by atoms with Crippen LogP contribution in [-0.4, -0.2) is 22.4 Å². The molecule has 166 valence electrons. The van der Waals surface area contributed by atoms with Crippen molar-refractivity contribution in [3.63, 3.8) is 0 Å². The molecule has 0 saturated carbocycles. The summed E-state index contributed by atoms with van der Waals surface area (Å²) in [7, 11) is 0. The number of carbonyl (C=O) groups is 1. The van der Waals surface area contributed by atoms with Gasteiger partial charge in [-0.2, -0.15) is 0 Å². The standard InChI is InChI=1S/C17H14N2O6.3CO.Fe/c20-17(25-9-8-13-6-4-2-1-3-5-7-13)14-10-15(18(21)22)12-16(11-14)19(23)24;3*1-2;/h1-7,10-12H,8-9H2;;;;/b2-1-,3-1?,4-2?,5-3-,6-4-,7-5?,13-6?,13-7+;;;;. The van der Waals surface area contributed by atoms with Gasteiger partial charge in [0, 0.05) is 35.6 Å². The van der Waals surface area contributed by atoms with Crippen LogP contribution in [0.25, 0.3) is 0 Å². The van der Waals surface area contributed by atoms with E-state index in [9.17, 15) is 25.0 Å². The monoisotopic (exact) mass is 482 g/mol. The van der Waals surface area contributed by atoms with Crippen LogP contribution in [0.5, 0.6) is 0 Å². The Balaban J connectivity index is -0.00000111. The fourth-order valence-electron chi connectivity index (χ4n) is 2.04. The maximum atomic E-state index is 12.0. The number of hydrogen-bond donors (Lipinski definition) is 0. The van der Waals surface area contributed by atoms with Crippen molar-refractivity contribution in [3.8, 4) is 0 Å². The van der Waals surface area contributed by atoms with Crippen molar-refractivity contribution in [2.45, 2.75) is 6.42 Å². The van der Waals surface area contributed by atoms with Crippen LogP contribution in [0.15, 0.2) is 66.3 Å². The number of non-ortho nitro benzene ring substituents is 2.